The van der Waals surface area contributed by atoms with Crippen molar-refractivity contribution in [3.63, 3.8) is 0 Å². The Hall–Kier alpha value is -2.24. The number of carbonyl (C=O) groups excluding carboxylic acids is 1. The molecular weight excluding hydrogens is 295 g/mol. The minimum atomic E-state index is -0.336. The molecule has 0 saturated carbocycles. The molecule has 1 fully saturated rings. The van der Waals surface area contributed by atoms with Crippen molar-refractivity contribution in [3.8, 4) is 0 Å². The summed E-state index contributed by atoms with van der Waals surface area (Å²) < 4.78 is 13.9. The zero-order chi connectivity index (χ0) is 16.4. The lowest BCUT2D eigenvalue weighted by molar-refractivity contribution is -0.134. The number of rotatable bonds is 2. The number of anilines is 1. The van der Waals surface area contributed by atoms with E-state index in [0.717, 1.165) is 30.7 Å². The highest BCUT2D eigenvalue weighted by Gasteiger charge is 2.22. The molecule has 1 amide bonds. The molecule has 5 nitrogen and oxygen atoms in total. The van der Waals surface area contributed by atoms with Gasteiger partial charge in [0.25, 0.3) is 0 Å². The van der Waals surface area contributed by atoms with E-state index in [1.165, 1.54) is 12.4 Å². The summed E-state index contributed by atoms with van der Waals surface area (Å²) in [6.07, 6.45) is 2.28. The molecule has 0 spiro atoms. The average Bonchev–Trinajstić information content (AvgIpc) is 2.80. The van der Waals surface area contributed by atoms with E-state index in [-0.39, 0.29) is 17.6 Å². The van der Waals surface area contributed by atoms with Crippen molar-refractivity contribution in [2.45, 2.75) is 20.3 Å². The molecule has 0 N–H and O–H groups in total. The van der Waals surface area contributed by atoms with Crippen molar-refractivity contribution in [1.82, 2.24) is 14.9 Å². The van der Waals surface area contributed by atoms with E-state index in [1.807, 2.05) is 24.8 Å². The number of benzene rings is 1. The molecule has 0 radical (unpaired) electrons. The molecule has 1 aliphatic heterocycles. The highest BCUT2D eigenvalue weighted by atomic mass is 19.1. The summed E-state index contributed by atoms with van der Waals surface area (Å²) in [5.41, 5.74) is 0.344. The number of fused-ring (bicyclic) bond motifs is 1. The topological polar surface area (TPSA) is 49.3 Å². The smallest absolute Gasteiger partial charge is 0.225 e. The first-order chi connectivity index (χ1) is 11.1. The standard InChI is InChI=1S/C17H21FN4O/c1-12(2)17(23)22-8-4-7-21(9-10-22)16-13-5-3-6-14(18)15(13)19-11-20-16/h3,5-6,11-12H,4,7-10H2,1-2H3. The highest BCUT2D eigenvalue weighted by molar-refractivity contribution is 5.89. The number of hydrogen-bond acceptors (Lipinski definition) is 4. The fourth-order valence-corrected chi connectivity index (χ4v) is 3.00. The average molecular weight is 316 g/mol. The molecule has 122 valence electrons. The Bertz CT molecular complexity index is 719. The van der Waals surface area contributed by atoms with E-state index >= 15 is 0 Å². The van der Waals surface area contributed by atoms with Crippen LogP contribution in [-0.4, -0.2) is 47.0 Å². The van der Waals surface area contributed by atoms with Gasteiger partial charge in [-0.05, 0) is 18.6 Å². The Kier molecular flexibility index (Phi) is 4.41. The second-order valence-electron chi connectivity index (χ2n) is 6.15. The maximum atomic E-state index is 13.9. The molecule has 2 heterocycles. The molecule has 1 aromatic carbocycles. The van der Waals surface area contributed by atoms with Gasteiger partial charge in [0, 0.05) is 37.5 Å². The largest absolute Gasteiger partial charge is 0.354 e. The summed E-state index contributed by atoms with van der Waals surface area (Å²) in [5.74, 6) is 0.604. The number of amides is 1. The lowest BCUT2D eigenvalue weighted by Crippen LogP contribution is -2.37. The van der Waals surface area contributed by atoms with Gasteiger partial charge in [0.15, 0.2) is 0 Å². The van der Waals surface area contributed by atoms with E-state index in [1.54, 1.807) is 6.07 Å². The Labute approximate surface area is 135 Å². The van der Waals surface area contributed by atoms with Crippen LogP contribution in [0.2, 0.25) is 0 Å². The predicted octanol–water partition coefficient (Wildman–Crippen LogP) is 2.46. The number of carbonyl (C=O) groups is 1. The van der Waals surface area contributed by atoms with E-state index in [2.05, 4.69) is 14.9 Å². The van der Waals surface area contributed by atoms with Crippen LogP contribution in [0.15, 0.2) is 24.5 Å². The number of para-hydroxylation sites is 1. The lowest BCUT2D eigenvalue weighted by atomic mass is 10.2. The zero-order valence-electron chi connectivity index (χ0n) is 13.5. The van der Waals surface area contributed by atoms with Crippen molar-refractivity contribution in [1.29, 1.82) is 0 Å². The van der Waals surface area contributed by atoms with Gasteiger partial charge in [0.2, 0.25) is 5.91 Å². The summed E-state index contributed by atoms with van der Waals surface area (Å²) in [6.45, 7) is 6.76. The van der Waals surface area contributed by atoms with E-state index in [0.29, 0.717) is 18.6 Å². The molecule has 6 heteroatoms. The summed E-state index contributed by atoms with van der Waals surface area (Å²) in [6, 6.07) is 4.93. The van der Waals surface area contributed by atoms with Crippen LogP contribution in [0.5, 0.6) is 0 Å². The van der Waals surface area contributed by atoms with Crippen LogP contribution in [0.3, 0.4) is 0 Å². The molecule has 3 rings (SSSR count). The third-order valence-corrected chi connectivity index (χ3v) is 4.20. The first-order valence-corrected chi connectivity index (χ1v) is 8.01. The molecule has 0 bridgehead atoms. The summed E-state index contributed by atoms with van der Waals surface area (Å²) in [7, 11) is 0. The Morgan fingerprint density at radius 2 is 2.00 bits per heavy atom. The van der Waals surface area contributed by atoms with Crippen LogP contribution >= 0.6 is 0 Å². The summed E-state index contributed by atoms with van der Waals surface area (Å²) >= 11 is 0. The molecule has 0 atom stereocenters. The maximum Gasteiger partial charge on any atom is 0.225 e. The SMILES string of the molecule is CC(C)C(=O)N1CCCN(c2ncnc3c(F)cccc23)CC1. The van der Waals surface area contributed by atoms with E-state index < -0.39 is 0 Å². The van der Waals surface area contributed by atoms with Crippen molar-refractivity contribution in [2.75, 3.05) is 31.1 Å². The second kappa shape index (κ2) is 6.48. The fraction of sp³-hybridized carbons (Fsp3) is 0.471. The van der Waals surface area contributed by atoms with Crippen LogP contribution in [0, 0.1) is 11.7 Å². The summed E-state index contributed by atoms with van der Waals surface area (Å²) in [4.78, 5) is 24.6. The van der Waals surface area contributed by atoms with Gasteiger partial charge < -0.3 is 9.80 Å². The van der Waals surface area contributed by atoms with Gasteiger partial charge >= 0.3 is 0 Å². The minimum Gasteiger partial charge on any atom is -0.354 e. The van der Waals surface area contributed by atoms with Gasteiger partial charge in [0.1, 0.15) is 23.5 Å². The van der Waals surface area contributed by atoms with Gasteiger partial charge in [-0.2, -0.15) is 0 Å². The molecule has 0 aliphatic carbocycles. The number of aromatic nitrogens is 2. The second-order valence-corrected chi connectivity index (χ2v) is 6.15. The third kappa shape index (κ3) is 3.11. The first kappa shape index (κ1) is 15.6. The van der Waals surface area contributed by atoms with Crippen LogP contribution in [0.25, 0.3) is 10.9 Å². The zero-order valence-corrected chi connectivity index (χ0v) is 13.5. The molecule has 0 unspecified atom stereocenters. The number of nitrogens with zero attached hydrogens (tertiary/aromatic N) is 4. The van der Waals surface area contributed by atoms with Gasteiger partial charge in [-0.3, -0.25) is 4.79 Å². The summed E-state index contributed by atoms with van der Waals surface area (Å²) in [5, 5.41) is 0.719. The lowest BCUT2D eigenvalue weighted by Gasteiger charge is -2.24. The highest BCUT2D eigenvalue weighted by Crippen LogP contribution is 2.25. The van der Waals surface area contributed by atoms with Crippen LogP contribution in [0.1, 0.15) is 20.3 Å². The van der Waals surface area contributed by atoms with Crippen molar-refractivity contribution in [2.24, 2.45) is 5.92 Å². The number of hydrogen-bond donors (Lipinski definition) is 0. The normalized spacial score (nSPS) is 16.0. The molecule has 1 aromatic heterocycles. The van der Waals surface area contributed by atoms with Gasteiger partial charge in [-0.15, -0.1) is 0 Å². The third-order valence-electron chi connectivity index (χ3n) is 4.20. The van der Waals surface area contributed by atoms with Crippen molar-refractivity contribution >= 4 is 22.6 Å². The minimum absolute atomic E-state index is 0.00975. The molecule has 1 aliphatic rings. The first-order valence-electron chi connectivity index (χ1n) is 8.01. The fourth-order valence-electron chi connectivity index (χ4n) is 3.00. The van der Waals surface area contributed by atoms with Gasteiger partial charge in [-0.1, -0.05) is 19.9 Å². The van der Waals surface area contributed by atoms with Gasteiger partial charge in [0.05, 0.1) is 0 Å². The number of halogens is 1. The van der Waals surface area contributed by atoms with E-state index in [9.17, 15) is 9.18 Å². The predicted molar refractivity (Wildman–Crippen MR) is 87.7 cm³/mol. The monoisotopic (exact) mass is 316 g/mol. The van der Waals surface area contributed by atoms with E-state index in [4.69, 9.17) is 0 Å². The Morgan fingerprint density at radius 3 is 2.78 bits per heavy atom. The molecule has 1 saturated heterocycles. The van der Waals surface area contributed by atoms with Crippen LogP contribution in [0.4, 0.5) is 10.2 Å². The van der Waals surface area contributed by atoms with Crippen molar-refractivity contribution < 1.29 is 9.18 Å². The molecule has 23 heavy (non-hydrogen) atoms. The van der Waals surface area contributed by atoms with Crippen LogP contribution in [-0.2, 0) is 4.79 Å². The van der Waals surface area contributed by atoms with Crippen LogP contribution < -0.4 is 4.90 Å². The maximum absolute atomic E-state index is 13.9. The Balaban J connectivity index is 1.86. The Morgan fingerprint density at radius 1 is 1.17 bits per heavy atom. The quantitative estimate of drug-likeness (QED) is 0.854. The molecule has 2 aromatic rings. The van der Waals surface area contributed by atoms with Gasteiger partial charge in [-0.25, -0.2) is 14.4 Å². The van der Waals surface area contributed by atoms with Crippen molar-refractivity contribution in [3.05, 3.63) is 30.3 Å². The molecular formula is C17H21FN4O.